The molecule has 1 aromatic carbocycles. The van der Waals surface area contributed by atoms with Crippen LogP contribution < -0.4 is 10.1 Å². The van der Waals surface area contributed by atoms with Crippen LogP contribution in [0, 0.1) is 17.8 Å². The van der Waals surface area contributed by atoms with Crippen molar-refractivity contribution in [2.45, 2.75) is 32.6 Å². The van der Waals surface area contributed by atoms with E-state index in [1.165, 1.54) is 31.2 Å². The summed E-state index contributed by atoms with van der Waals surface area (Å²) in [5.74, 6) is 3.40. The van der Waals surface area contributed by atoms with Gasteiger partial charge in [0.25, 0.3) is 0 Å². The Hall–Kier alpha value is -0.540. The van der Waals surface area contributed by atoms with Gasteiger partial charge in [0.2, 0.25) is 0 Å². The molecule has 1 N–H and O–H groups in total. The Labute approximate surface area is 131 Å². The molecule has 0 aromatic heterocycles. The standard InChI is InChI=1S/C17H26BrNO/c1-12-4-6-14(11-19-2)15(8-12)9-13-5-7-17(20-3)16(18)10-13/h5,7,10,12,14-15,19H,4,6,8-9,11H2,1-3H3. The van der Waals surface area contributed by atoms with Crippen LogP contribution in [0.2, 0.25) is 0 Å². The summed E-state index contributed by atoms with van der Waals surface area (Å²) in [5, 5.41) is 3.37. The molecule has 0 heterocycles. The first-order chi connectivity index (χ1) is 9.63. The molecule has 1 saturated carbocycles. The number of rotatable bonds is 5. The number of nitrogens with one attached hydrogen (secondary N) is 1. The fourth-order valence-electron chi connectivity index (χ4n) is 3.48. The van der Waals surface area contributed by atoms with E-state index in [0.717, 1.165) is 34.5 Å². The number of methoxy groups -OCH3 is 1. The van der Waals surface area contributed by atoms with Crippen molar-refractivity contribution in [2.24, 2.45) is 17.8 Å². The van der Waals surface area contributed by atoms with Gasteiger partial charge in [-0.15, -0.1) is 0 Å². The van der Waals surface area contributed by atoms with Crippen molar-refractivity contribution in [1.29, 1.82) is 0 Å². The van der Waals surface area contributed by atoms with Gasteiger partial charge in [-0.3, -0.25) is 0 Å². The number of halogens is 1. The average molecular weight is 340 g/mol. The zero-order valence-corrected chi connectivity index (χ0v) is 14.4. The topological polar surface area (TPSA) is 21.3 Å². The lowest BCUT2D eigenvalue weighted by Crippen LogP contribution is -2.32. The average Bonchev–Trinajstić information content (AvgIpc) is 2.42. The van der Waals surface area contributed by atoms with Crippen LogP contribution >= 0.6 is 15.9 Å². The zero-order chi connectivity index (χ0) is 14.5. The van der Waals surface area contributed by atoms with E-state index in [4.69, 9.17) is 4.74 Å². The normalized spacial score (nSPS) is 26.5. The van der Waals surface area contributed by atoms with Crippen LogP contribution in [0.15, 0.2) is 22.7 Å². The number of hydrogen-bond donors (Lipinski definition) is 1. The van der Waals surface area contributed by atoms with Crippen LogP contribution in [-0.4, -0.2) is 20.7 Å². The Morgan fingerprint density at radius 2 is 2.10 bits per heavy atom. The lowest BCUT2D eigenvalue weighted by atomic mass is 9.72. The molecular formula is C17H26BrNO. The second kappa shape index (κ2) is 7.46. The van der Waals surface area contributed by atoms with E-state index in [9.17, 15) is 0 Å². The predicted molar refractivity (Wildman–Crippen MR) is 88.3 cm³/mol. The monoisotopic (exact) mass is 339 g/mol. The highest BCUT2D eigenvalue weighted by atomic mass is 79.9. The Morgan fingerprint density at radius 1 is 1.30 bits per heavy atom. The van der Waals surface area contributed by atoms with Gasteiger partial charge < -0.3 is 10.1 Å². The van der Waals surface area contributed by atoms with Crippen LogP contribution in [0.5, 0.6) is 5.75 Å². The molecule has 20 heavy (non-hydrogen) atoms. The molecule has 0 bridgehead atoms. The Balaban J connectivity index is 2.07. The minimum Gasteiger partial charge on any atom is -0.496 e. The maximum Gasteiger partial charge on any atom is 0.133 e. The first kappa shape index (κ1) is 15.8. The maximum absolute atomic E-state index is 5.31. The first-order valence-electron chi connectivity index (χ1n) is 7.61. The molecule has 1 aliphatic rings. The molecule has 2 rings (SSSR count). The fourth-order valence-corrected chi connectivity index (χ4v) is 4.07. The van der Waals surface area contributed by atoms with Gasteiger partial charge in [-0.1, -0.05) is 19.4 Å². The van der Waals surface area contributed by atoms with E-state index in [2.05, 4.69) is 53.4 Å². The Bertz CT molecular complexity index is 435. The summed E-state index contributed by atoms with van der Waals surface area (Å²) < 4.78 is 6.37. The Morgan fingerprint density at radius 3 is 2.75 bits per heavy atom. The quantitative estimate of drug-likeness (QED) is 0.864. The van der Waals surface area contributed by atoms with Gasteiger partial charge in [-0.2, -0.15) is 0 Å². The molecular weight excluding hydrogens is 314 g/mol. The van der Waals surface area contributed by atoms with Gasteiger partial charge in [-0.05, 0) is 84.2 Å². The molecule has 112 valence electrons. The third kappa shape index (κ3) is 3.98. The van der Waals surface area contributed by atoms with Gasteiger partial charge in [0, 0.05) is 0 Å². The summed E-state index contributed by atoms with van der Waals surface area (Å²) in [5.41, 5.74) is 1.41. The highest BCUT2D eigenvalue weighted by Crippen LogP contribution is 2.36. The second-order valence-corrected chi connectivity index (χ2v) is 7.02. The lowest BCUT2D eigenvalue weighted by molar-refractivity contribution is 0.186. The summed E-state index contributed by atoms with van der Waals surface area (Å²) >= 11 is 3.59. The zero-order valence-electron chi connectivity index (χ0n) is 12.8. The van der Waals surface area contributed by atoms with E-state index >= 15 is 0 Å². The van der Waals surface area contributed by atoms with Crippen molar-refractivity contribution in [3.8, 4) is 5.75 Å². The smallest absolute Gasteiger partial charge is 0.133 e. The molecule has 3 atom stereocenters. The molecule has 0 aliphatic heterocycles. The lowest BCUT2D eigenvalue weighted by Gasteiger charge is -2.35. The molecule has 1 fully saturated rings. The van der Waals surface area contributed by atoms with E-state index in [-0.39, 0.29) is 0 Å². The molecule has 3 heteroatoms. The molecule has 1 aliphatic carbocycles. The predicted octanol–water partition coefficient (Wildman–Crippen LogP) is 4.27. The van der Waals surface area contributed by atoms with Gasteiger partial charge in [-0.25, -0.2) is 0 Å². The summed E-state index contributed by atoms with van der Waals surface area (Å²) in [4.78, 5) is 0. The van der Waals surface area contributed by atoms with E-state index < -0.39 is 0 Å². The van der Waals surface area contributed by atoms with Crippen molar-refractivity contribution < 1.29 is 4.74 Å². The van der Waals surface area contributed by atoms with Crippen molar-refractivity contribution >= 4 is 15.9 Å². The molecule has 0 radical (unpaired) electrons. The highest BCUT2D eigenvalue weighted by molar-refractivity contribution is 9.10. The molecule has 0 spiro atoms. The minimum atomic E-state index is 0.798. The molecule has 0 saturated heterocycles. The van der Waals surface area contributed by atoms with E-state index in [1.54, 1.807) is 7.11 Å². The fraction of sp³-hybridized carbons (Fsp3) is 0.647. The van der Waals surface area contributed by atoms with Crippen LogP contribution in [0.1, 0.15) is 31.7 Å². The third-order valence-corrected chi connectivity index (χ3v) is 5.20. The number of hydrogen-bond acceptors (Lipinski definition) is 2. The van der Waals surface area contributed by atoms with Crippen LogP contribution in [0.4, 0.5) is 0 Å². The van der Waals surface area contributed by atoms with Crippen LogP contribution in [-0.2, 0) is 6.42 Å². The molecule has 3 unspecified atom stereocenters. The van der Waals surface area contributed by atoms with Gasteiger partial charge in [0.15, 0.2) is 0 Å². The van der Waals surface area contributed by atoms with Crippen molar-refractivity contribution in [2.75, 3.05) is 20.7 Å². The highest BCUT2D eigenvalue weighted by Gasteiger charge is 2.28. The van der Waals surface area contributed by atoms with E-state index in [1.807, 2.05) is 0 Å². The van der Waals surface area contributed by atoms with E-state index in [0.29, 0.717) is 0 Å². The van der Waals surface area contributed by atoms with Crippen molar-refractivity contribution in [3.63, 3.8) is 0 Å². The van der Waals surface area contributed by atoms with Gasteiger partial charge in [0.1, 0.15) is 5.75 Å². The maximum atomic E-state index is 5.31. The first-order valence-corrected chi connectivity index (χ1v) is 8.40. The molecule has 2 nitrogen and oxygen atoms in total. The second-order valence-electron chi connectivity index (χ2n) is 6.17. The van der Waals surface area contributed by atoms with Crippen molar-refractivity contribution in [3.05, 3.63) is 28.2 Å². The van der Waals surface area contributed by atoms with Gasteiger partial charge >= 0.3 is 0 Å². The van der Waals surface area contributed by atoms with Crippen LogP contribution in [0.25, 0.3) is 0 Å². The van der Waals surface area contributed by atoms with Crippen molar-refractivity contribution in [1.82, 2.24) is 5.32 Å². The SMILES string of the molecule is CNCC1CCC(C)CC1Cc1ccc(OC)c(Br)c1. The molecule has 1 aromatic rings. The summed E-state index contributed by atoms with van der Waals surface area (Å²) in [6, 6.07) is 6.49. The molecule has 0 amide bonds. The number of ether oxygens (including phenoxy) is 1. The Kier molecular flexibility index (Phi) is 5.91. The summed E-state index contributed by atoms with van der Waals surface area (Å²) in [6.45, 7) is 3.54. The summed E-state index contributed by atoms with van der Waals surface area (Å²) in [6.07, 6.45) is 5.29. The summed E-state index contributed by atoms with van der Waals surface area (Å²) in [7, 11) is 3.78. The van der Waals surface area contributed by atoms with Crippen LogP contribution in [0.3, 0.4) is 0 Å². The third-order valence-electron chi connectivity index (χ3n) is 4.58. The minimum absolute atomic E-state index is 0.798. The largest absolute Gasteiger partial charge is 0.496 e. The van der Waals surface area contributed by atoms with Gasteiger partial charge in [0.05, 0.1) is 11.6 Å². The number of benzene rings is 1.